The summed E-state index contributed by atoms with van der Waals surface area (Å²) in [7, 11) is -3.51. The molecule has 1 amide bonds. The monoisotopic (exact) mass is 428 g/mol. The van der Waals surface area contributed by atoms with Gasteiger partial charge in [0.05, 0.1) is 31.1 Å². The van der Waals surface area contributed by atoms with Gasteiger partial charge in [-0.1, -0.05) is 37.3 Å². The Morgan fingerprint density at radius 1 is 1.11 bits per heavy atom. The maximum absolute atomic E-state index is 12.8. The number of quaternary nitrogens is 1. The highest BCUT2D eigenvalue weighted by Gasteiger charge is 2.34. The van der Waals surface area contributed by atoms with E-state index in [-0.39, 0.29) is 16.8 Å². The molecule has 156 valence electrons. The van der Waals surface area contributed by atoms with E-state index in [9.17, 15) is 13.2 Å². The minimum absolute atomic E-state index is 0.0934. The van der Waals surface area contributed by atoms with E-state index in [1.807, 2.05) is 6.92 Å². The fourth-order valence-electron chi connectivity index (χ4n) is 4.14. The molecule has 0 unspecified atom stereocenters. The SMILES string of the molecule is C[C@H](C(=O)NC1CCCCCC1)[NH+]1CCN(S(=O)(=O)c2ccc(Cl)cc2)CC1. The van der Waals surface area contributed by atoms with Crippen LogP contribution >= 0.6 is 11.6 Å². The van der Waals surface area contributed by atoms with Crippen molar-refractivity contribution in [2.75, 3.05) is 26.2 Å². The number of nitrogens with zero attached hydrogens (tertiary/aromatic N) is 1. The number of nitrogens with one attached hydrogen (secondary N) is 2. The van der Waals surface area contributed by atoms with Crippen LogP contribution in [0.25, 0.3) is 0 Å². The van der Waals surface area contributed by atoms with Gasteiger partial charge in [-0.05, 0) is 44.0 Å². The predicted molar refractivity (Wildman–Crippen MR) is 110 cm³/mol. The number of carbonyl (C=O) groups excluding carboxylic acids is 1. The number of hydrogen-bond acceptors (Lipinski definition) is 3. The van der Waals surface area contributed by atoms with Crippen LogP contribution in [0.15, 0.2) is 29.2 Å². The molecule has 1 saturated heterocycles. The summed E-state index contributed by atoms with van der Waals surface area (Å²) < 4.78 is 27.1. The molecule has 1 heterocycles. The Bertz CT molecular complexity index is 753. The van der Waals surface area contributed by atoms with Gasteiger partial charge in [-0.3, -0.25) is 4.79 Å². The molecule has 3 rings (SSSR count). The lowest BCUT2D eigenvalue weighted by Gasteiger charge is -2.34. The lowest BCUT2D eigenvalue weighted by Crippen LogP contribution is -3.19. The maximum atomic E-state index is 12.8. The van der Waals surface area contributed by atoms with Gasteiger partial charge in [0.2, 0.25) is 10.0 Å². The summed E-state index contributed by atoms with van der Waals surface area (Å²) in [4.78, 5) is 14.1. The van der Waals surface area contributed by atoms with Crippen LogP contribution in [0, 0.1) is 0 Å². The molecule has 2 N–H and O–H groups in total. The van der Waals surface area contributed by atoms with Gasteiger partial charge < -0.3 is 10.2 Å². The molecule has 0 spiro atoms. The minimum atomic E-state index is -3.51. The van der Waals surface area contributed by atoms with Crippen LogP contribution in [-0.2, 0) is 14.8 Å². The Balaban J connectivity index is 1.53. The number of halogens is 1. The first kappa shape index (κ1) is 21.6. The lowest BCUT2D eigenvalue weighted by molar-refractivity contribution is -0.917. The summed E-state index contributed by atoms with van der Waals surface area (Å²) in [5, 5.41) is 3.74. The lowest BCUT2D eigenvalue weighted by atomic mass is 10.1. The van der Waals surface area contributed by atoms with Gasteiger partial charge in [-0.25, -0.2) is 8.42 Å². The molecule has 1 aromatic rings. The molecule has 28 heavy (non-hydrogen) atoms. The number of benzene rings is 1. The van der Waals surface area contributed by atoms with Crippen LogP contribution in [0.4, 0.5) is 0 Å². The van der Waals surface area contributed by atoms with Gasteiger partial charge in [0, 0.05) is 11.1 Å². The third kappa shape index (κ3) is 5.26. The molecule has 2 aliphatic rings. The summed E-state index contributed by atoms with van der Waals surface area (Å²) in [6.45, 7) is 4.05. The highest BCUT2D eigenvalue weighted by molar-refractivity contribution is 7.89. The van der Waals surface area contributed by atoms with Gasteiger partial charge >= 0.3 is 0 Å². The molecule has 0 radical (unpaired) electrons. The van der Waals surface area contributed by atoms with Crippen molar-refractivity contribution in [2.45, 2.75) is 62.4 Å². The summed E-state index contributed by atoms with van der Waals surface area (Å²) in [5.74, 6) is 0.0934. The van der Waals surface area contributed by atoms with Crippen molar-refractivity contribution >= 4 is 27.5 Å². The summed E-state index contributed by atoms with van der Waals surface area (Å²) in [6, 6.07) is 6.40. The number of hydrogen-bond donors (Lipinski definition) is 2. The summed E-state index contributed by atoms with van der Waals surface area (Å²) in [6.07, 6.45) is 7.04. The maximum Gasteiger partial charge on any atom is 0.278 e. The largest absolute Gasteiger partial charge is 0.348 e. The first-order chi connectivity index (χ1) is 13.4. The Labute approximate surface area is 173 Å². The van der Waals surface area contributed by atoms with Gasteiger partial charge in [0.15, 0.2) is 6.04 Å². The highest BCUT2D eigenvalue weighted by atomic mass is 35.5. The zero-order valence-corrected chi connectivity index (χ0v) is 18.1. The normalized spacial score (nSPS) is 21.8. The molecule has 0 bridgehead atoms. The quantitative estimate of drug-likeness (QED) is 0.697. The van der Waals surface area contributed by atoms with Crippen LogP contribution in [0.2, 0.25) is 5.02 Å². The van der Waals surface area contributed by atoms with Crippen molar-refractivity contribution in [1.29, 1.82) is 0 Å². The average Bonchev–Trinajstić information content (AvgIpc) is 2.96. The van der Waals surface area contributed by atoms with Gasteiger partial charge in [0.25, 0.3) is 5.91 Å². The van der Waals surface area contributed by atoms with Crippen molar-refractivity contribution in [3.05, 3.63) is 29.3 Å². The first-order valence-electron chi connectivity index (χ1n) is 10.3. The number of carbonyl (C=O) groups is 1. The Kier molecular flexibility index (Phi) is 7.36. The second-order valence-corrected chi connectivity index (χ2v) is 10.3. The van der Waals surface area contributed by atoms with Gasteiger partial charge in [-0.2, -0.15) is 4.31 Å². The van der Waals surface area contributed by atoms with Crippen molar-refractivity contribution in [2.24, 2.45) is 0 Å². The van der Waals surface area contributed by atoms with E-state index in [2.05, 4.69) is 5.32 Å². The van der Waals surface area contributed by atoms with E-state index in [1.165, 1.54) is 30.0 Å². The van der Waals surface area contributed by atoms with E-state index in [0.29, 0.717) is 37.2 Å². The predicted octanol–water partition coefficient (Wildman–Crippen LogP) is 1.46. The Hall–Kier alpha value is -1.15. The second-order valence-electron chi connectivity index (χ2n) is 7.94. The standard InChI is InChI=1S/C20H30ClN3O3S/c1-16(20(25)22-18-6-4-2-3-5-7-18)23-12-14-24(15-13-23)28(26,27)19-10-8-17(21)9-11-19/h8-11,16,18H,2-7,12-15H2,1H3,(H,22,25)/p+1/t16-/m1/s1. The summed E-state index contributed by atoms with van der Waals surface area (Å²) in [5.41, 5.74) is 0. The number of piperazine rings is 1. The third-order valence-corrected chi connectivity index (χ3v) is 8.19. The number of rotatable bonds is 5. The molecule has 0 aromatic heterocycles. The van der Waals surface area contributed by atoms with Crippen LogP contribution in [0.3, 0.4) is 0 Å². The van der Waals surface area contributed by atoms with Crippen LogP contribution in [0.5, 0.6) is 0 Å². The Morgan fingerprint density at radius 2 is 1.68 bits per heavy atom. The highest BCUT2D eigenvalue weighted by Crippen LogP contribution is 2.19. The van der Waals surface area contributed by atoms with Gasteiger partial charge in [-0.15, -0.1) is 0 Å². The molecule has 6 nitrogen and oxygen atoms in total. The van der Waals surface area contributed by atoms with Crippen LogP contribution < -0.4 is 10.2 Å². The van der Waals surface area contributed by atoms with E-state index >= 15 is 0 Å². The second kappa shape index (κ2) is 9.57. The van der Waals surface area contributed by atoms with Crippen molar-refractivity contribution < 1.29 is 18.1 Å². The van der Waals surface area contributed by atoms with Crippen LogP contribution in [0.1, 0.15) is 45.4 Å². The topological polar surface area (TPSA) is 70.9 Å². The first-order valence-corrected chi connectivity index (χ1v) is 12.1. The molecule has 1 saturated carbocycles. The molecule has 1 aliphatic carbocycles. The molecule has 1 aliphatic heterocycles. The molecule has 8 heteroatoms. The molecule has 2 fully saturated rings. The number of sulfonamides is 1. The van der Waals surface area contributed by atoms with E-state index in [4.69, 9.17) is 11.6 Å². The van der Waals surface area contributed by atoms with Gasteiger partial charge in [0.1, 0.15) is 0 Å². The van der Waals surface area contributed by atoms with E-state index in [1.54, 1.807) is 24.3 Å². The number of amides is 1. The third-order valence-electron chi connectivity index (χ3n) is 6.02. The molecule has 1 atom stereocenters. The fourth-order valence-corrected chi connectivity index (χ4v) is 5.71. The van der Waals surface area contributed by atoms with E-state index < -0.39 is 10.0 Å². The molecular formula is C20H31ClN3O3S+. The van der Waals surface area contributed by atoms with Crippen molar-refractivity contribution in [3.63, 3.8) is 0 Å². The minimum Gasteiger partial charge on any atom is -0.348 e. The fraction of sp³-hybridized carbons (Fsp3) is 0.650. The average molecular weight is 429 g/mol. The molecular weight excluding hydrogens is 398 g/mol. The van der Waals surface area contributed by atoms with Crippen molar-refractivity contribution in [1.82, 2.24) is 9.62 Å². The summed E-state index contributed by atoms with van der Waals surface area (Å²) >= 11 is 5.86. The van der Waals surface area contributed by atoms with Crippen molar-refractivity contribution in [3.8, 4) is 0 Å². The van der Waals surface area contributed by atoms with E-state index in [0.717, 1.165) is 17.7 Å². The smallest absolute Gasteiger partial charge is 0.278 e. The Morgan fingerprint density at radius 3 is 2.25 bits per heavy atom. The zero-order chi connectivity index (χ0) is 20.1. The zero-order valence-electron chi connectivity index (χ0n) is 16.5. The van der Waals surface area contributed by atoms with Crippen LogP contribution in [-0.4, -0.2) is 56.9 Å². The molecule has 1 aromatic carbocycles.